The van der Waals surface area contributed by atoms with Gasteiger partial charge in [-0.1, -0.05) is 12.1 Å². The van der Waals surface area contributed by atoms with Crippen molar-refractivity contribution in [2.45, 2.75) is 4.90 Å². The molecule has 0 saturated carbocycles. The molecule has 0 atom stereocenters. The van der Waals surface area contributed by atoms with Gasteiger partial charge in [-0.05, 0) is 30.3 Å². The highest BCUT2D eigenvalue weighted by Crippen LogP contribution is 2.22. The van der Waals surface area contributed by atoms with Gasteiger partial charge in [-0.25, -0.2) is 8.42 Å². The fourth-order valence-electron chi connectivity index (χ4n) is 1.90. The van der Waals surface area contributed by atoms with Crippen LogP contribution in [-0.4, -0.2) is 20.6 Å². The van der Waals surface area contributed by atoms with Gasteiger partial charge < -0.3 is 16.8 Å². The van der Waals surface area contributed by atoms with Crippen LogP contribution in [0.15, 0.2) is 47.4 Å². The van der Waals surface area contributed by atoms with Gasteiger partial charge in [0.1, 0.15) is 0 Å². The predicted molar refractivity (Wildman–Crippen MR) is 82.8 cm³/mol. The quantitative estimate of drug-likeness (QED) is 0.743. The van der Waals surface area contributed by atoms with Gasteiger partial charge >= 0.3 is 0 Å². The monoisotopic (exact) mass is 305 g/mol. The average molecular weight is 305 g/mol. The number of para-hydroxylation sites is 1. The maximum absolute atomic E-state index is 12.2. The van der Waals surface area contributed by atoms with Crippen LogP contribution < -0.4 is 16.8 Å². The molecule has 0 radical (unpaired) electrons. The van der Waals surface area contributed by atoms with Crippen molar-refractivity contribution in [3.05, 3.63) is 48.0 Å². The van der Waals surface area contributed by atoms with Crippen molar-refractivity contribution >= 4 is 32.8 Å². The SMILES string of the molecule is CS(=O)(=O)c1ccccc1NC(=O)c1cc(N)cc(N)c1. The molecule has 0 bridgehead atoms. The Morgan fingerprint density at radius 2 is 1.62 bits per heavy atom. The van der Waals surface area contributed by atoms with Gasteiger partial charge in [-0.3, -0.25) is 4.79 Å². The van der Waals surface area contributed by atoms with Crippen LogP contribution in [0.25, 0.3) is 0 Å². The largest absolute Gasteiger partial charge is 0.399 e. The van der Waals surface area contributed by atoms with Gasteiger partial charge in [0.15, 0.2) is 9.84 Å². The zero-order chi connectivity index (χ0) is 15.6. The summed E-state index contributed by atoms with van der Waals surface area (Å²) in [6.07, 6.45) is 1.08. The van der Waals surface area contributed by atoms with E-state index in [0.717, 1.165) is 6.26 Å². The van der Waals surface area contributed by atoms with Gasteiger partial charge in [0, 0.05) is 23.2 Å². The fraction of sp³-hybridized carbons (Fsp3) is 0.0714. The molecule has 0 saturated heterocycles. The van der Waals surface area contributed by atoms with Gasteiger partial charge in [-0.2, -0.15) is 0 Å². The number of rotatable bonds is 3. The van der Waals surface area contributed by atoms with E-state index in [9.17, 15) is 13.2 Å². The summed E-state index contributed by atoms with van der Waals surface area (Å²) in [6, 6.07) is 10.6. The Morgan fingerprint density at radius 3 is 2.19 bits per heavy atom. The molecule has 110 valence electrons. The van der Waals surface area contributed by atoms with Crippen molar-refractivity contribution in [1.82, 2.24) is 0 Å². The highest BCUT2D eigenvalue weighted by Gasteiger charge is 2.15. The summed E-state index contributed by atoms with van der Waals surface area (Å²) < 4.78 is 23.4. The number of hydrogen-bond donors (Lipinski definition) is 3. The number of nitrogens with one attached hydrogen (secondary N) is 1. The minimum absolute atomic E-state index is 0.0511. The van der Waals surface area contributed by atoms with Crippen LogP contribution in [0.1, 0.15) is 10.4 Å². The smallest absolute Gasteiger partial charge is 0.255 e. The molecule has 0 heterocycles. The second-order valence-corrected chi connectivity index (χ2v) is 6.59. The number of hydrogen-bond acceptors (Lipinski definition) is 5. The van der Waals surface area contributed by atoms with Crippen LogP contribution in [0, 0.1) is 0 Å². The summed E-state index contributed by atoms with van der Waals surface area (Å²) in [6.45, 7) is 0. The number of benzene rings is 2. The van der Waals surface area contributed by atoms with Crippen LogP contribution in [0.4, 0.5) is 17.1 Å². The summed E-state index contributed by atoms with van der Waals surface area (Å²) >= 11 is 0. The topological polar surface area (TPSA) is 115 Å². The molecule has 0 spiro atoms. The van der Waals surface area contributed by atoms with E-state index in [1.165, 1.54) is 30.3 Å². The molecule has 5 N–H and O–H groups in total. The number of carbonyl (C=O) groups is 1. The van der Waals surface area contributed by atoms with Crippen molar-refractivity contribution in [1.29, 1.82) is 0 Å². The lowest BCUT2D eigenvalue weighted by Crippen LogP contribution is -2.15. The third kappa shape index (κ3) is 3.51. The van der Waals surface area contributed by atoms with Crippen molar-refractivity contribution in [2.24, 2.45) is 0 Å². The number of nitrogens with two attached hydrogens (primary N) is 2. The maximum Gasteiger partial charge on any atom is 0.255 e. The Labute approximate surface area is 122 Å². The molecule has 2 rings (SSSR count). The van der Waals surface area contributed by atoms with E-state index in [1.54, 1.807) is 12.1 Å². The Morgan fingerprint density at radius 1 is 1.05 bits per heavy atom. The molecule has 6 nitrogen and oxygen atoms in total. The van der Waals surface area contributed by atoms with Crippen molar-refractivity contribution in [3.63, 3.8) is 0 Å². The van der Waals surface area contributed by atoms with E-state index in [4.69, 9.17) is 11.5 Å². The lowest BCUT2D eigenvalue weighted by Gasteiger charge is -2.10. The molecule has 0 unspecified atom stereocenters. The Hall–Kier alpha value is -2.54. The lowest BCUT2D eigenvalue weighted by atomic mass is 10.1. The second kappa shape index (κ2) is 5.45. The number of carbonyl (C=O) groups excluding carboxylic acids is 1. The first kappa shape index (κ1) is 14.9. The van der Waals surface area contributed by atoms with E-state index in [-0.39, 0.29) is 16.1 Å². The molecule has 2 aromatic carbocycles. The number of sulfone groups is 1. The minimum Gasteiger partial charge on any atom is -0.399 e. The Kier molecular flexibility index (Phi) is 3.86. The highest BCUT2D eigenvalue weighted by atomic mass is 32.2. The molecule has 2 aromatic rings. The molecular formula is C14H15N3O3S. The van der Waals surface area contributed by atoms with E-state index < -0.39 is 15.7 Å². The van der Waals surface area contributed by atoms with Crippen LogP contribution in [0.2, 0.25) is 0 Å². The summed E-state index contributed by atoms with van der Waals surface area (Å²) in [4.78, 5) is 12.2. The molecule has 0 fully saturated rings. The zero-order valence-electron chi connectivity index (χ0n) is 11.3. The maximum atomic E-state index is 12.2. The van der Waals surface area contributed by atoms with Crippen molar-refractivity contribution < 1.29 is 13.2 Å². The van der Waals surface area contributed by atoms with Crippen LogP contribution >= 0.6 is 0 Å². The fourth-order valence-corrected chi connectivity index (χ4v) is 2.74. The Bertz CT molecular complexity index is 781. The molecule has 7 heteroatoms. The second-order valence-electron chi connectivity index (χ2n) is 4.61. The Balaban J connectivity index is 2.37. The third-order valence-electron chi connectivity index (χ3n) is 2.77. The summed E-state index contributed by atoms with van der Waals surface area (Å²) in [5.41, 5.74) is 12.5. The lowest BCUT2D eigenvalue weighted by molar-refractivity contribution is 0.102. The molecule has 0 aliphatic heterocycles. The molecular weight excluding hydrogens is 290 g/mol. The molecule has 21 heavy (non-hydrogen) atoms. The van der Waals surface area contributed by atoms with E-state index in [0.29, 0.717) is 11.4 Å². The highest BCUT2D eigenvalue weighted by molar-refractivity contribution is 7.90. The first-order valence-electron chi connectivity index (χ1n) is 6.04. The molecule has 0 aromatic heterocycles. The normalized spacial score (nSPS) is 11.1. The predicted octanol–water partition coefficient (Wildman–Crippen LogP) is 1.51. The minimum atomic E-state index is -3.44. The first-order valence-corrected chi connectivity index (χ1v) is 7.93. The molecule has 0 aliphatic rings. The zero-order valence-corrected chi connectivity index (χ0v) is 12.1. The summed E-state index contributed by atoms with van der Waals surface area (Å²) in [5, 5.41) is 2.56. The van der Waals surface area contributed by atoms with Crippen molar-refractivity contribution in [3.8, 4) is 0 Å². The van der Waals surface area contributed by atoms with E-state index in [2.05, 4.69) is 5.32 Å². The van der Waals surface area contributed by atoms with Gasteiger partial charge in [-0.15, -0.1) is 0 Å². The van der Waals surface area contributed by atoms with Crippen LogP contribution in [-0.2, 0) is 9.84 Å². The first-order chi connectivity index (χ1) is 9.77. The van der Waals surface area contributed by atoms with Gasteiger partial charge in [0.25, 0.3) is 5.91 Å². The van der Waals surface area contributed by atoms with Crippen LogP contribution in [0.5, 0.6) is 0 Å². The van der Waals surface area contributed by atoms with Crippen LogP contribution in [0.3, 0.4) is 0 Å². The third-order valence-corrected chi connectivity index (χ3v) is 3.93. The van der Waals surface area contributed by atoms with Gasteiger partial charge in [0.05, 0.1) is 10.6 Å². The van der Waals surface area contributed by atoms with E-state index in [1.807, 2.05) is 0 Å². The number of anilines is 3. The molecule has 0 aliphatic carbocycles. The summed E-state index contributed by atoms with van der Waals surface area (Å²) in [7, 11) is -3.44. The van der Waals surface area contributed by atoms with Gasteiger partial charge in [0.2, 0.25) is 0 Å². The standard InChI is InChI=1S/C14H15N3O3S/c1-21(19,20)13-5-3-2-4-12(13)17-14(18)9-6-10(15)8-11(16)7-9/h2-8H,15-16H2,1H3,(H,17,18). The molecule has 1 amide bonds. The van der Waals surface area contributed by atoms with E-state index >= 15 is 0 Å². The summed E-state index contributed by atoms with van der Waals surface area (Å²) in [5.74, 6) is -0.481. The average Bonchev–Trinajstić information content (AvgIpc) is 2.37. The van der Waals surface area contributed by atoms with Crippen molar-refractivity contribution in [2.75, 3.05) is 23.0 Å². The number of amides is 1. The number of nitrogen functional groups attached to an aromatic ring is 2.